The van der Waals surface area contributed by atoms with Crippen LogP contribution < -0.4 is 5.32 Å². The van der Waals surface area contributed by atoms with Gasteiger partial charge in [0.25, 0.3) is 0 Å². The highest BCUT2D eigenvalue weighted by Gasteiger charge is 2.22. The Morgan fingerprint density at radius 3 is 2.56 bits per heavy atom. The second-order valence-corrected chi connectivity index (χ2v) is 4.84. The van der Waals surface area contributed by atoms with Crippen LogP contribution in [0.25, 0.3) is 0 Å². The van der Waals surface area contributed by atoms with Crippen LogP contribution >= 0.6 is 0 Å². The Morgan fingerprint density at radius 2 is 2.00 bits per heavy atom. The van der Waals surface area contributed by atoms with Crippen molar-refractivity contribution in [1.29, 1.82) is 0 Å². The van der Waals surface area contributed by atoms with E-state index in [4.69, 9.17) is 0 Å². The van der Waals surface area contributed by atoms with Crippen molar-refractivity contribution in [3.05, 3.63) is 35.6 Å². The van der Waals surface area contributed by atoms with Crippen LogP contribution in [-0.2, 0) is 6.42 Å². The number of hydrogen-bond acceptors (Lipinski definition) is 1. The Labute approximate surface area is 97.1 Å². The van der Waals surface area contributed by atoms with Crippen molar-refractivity contribution in [2.24, 2.45) is 5.92 Å². The highest BCUT2D eigenvalue weighted by molar-refractivity contribution is 5.17. The number of likely N-dealkylation sites (N-methyl/N-ethyl adjacent to an activating group) is 1. The van der Waals surface area contributed by atoms with Crippen molar-refractivity contribution in [3.8, 4) is 0 Å². The number of hydrogen-bond donors (Lipinski definition) is 1. The van der Waals surface area contributed by atoms with Crippen LogP contribution in [0.2, 0.25) is 0 Å². The van der Waals surface area contributed by atoms with Gasteiger partial charge in [-0.2, -0.15) is 0 Å². The molecule has 0 saturated heterocycles. The molecule has 1 aliphatic carbocycles. The predicted molar refractivity (Wildman–Crippen MR) is 64.9 cm³/mol. The lowest BCUT2D eigenvalue weighted by atomic mass is 10.0. The molecule has 1 atom stereocenters. The Hall–Kier alpha value is -0.890. The predicted octanol–water partition coefficient (Wildman–Crippen LogP) is 3.15. The summed E-state index contributed by atoms with van der Waals surface area (Å²) in [5, 5.41) is 3.35. The zero-order valence-corrected chi connectivity index (χ0v) is 9.88. The minimum Gasteiger partial charge on any atom is -0.317 e. The van der Waals surface area contributed by atoms with Gasteiger partial charge in [-0.3, -0.25) is 0 Å². The maximum atomic E-state index is 12.8. The lowest BCUT2D eigenvalue weighted by Gasteiger charge is -2.15. The Bertz CT molecular complexity index is 316. The summed E-state index contributed by atoms with van der Waals surface area (Å²) in [6.45, 7) is 0. The van der Waals surface area contributed by atoms with E-state index in [0.717, 1.165) is 12.3 Å². The fraction of sp³-hybridized carbons (Fsp3) is 0.571. The average molecular weight is 221 g/mol. The van der Waals surface area contributed by atoms with E-state index in [9.17, 15) is 4.39 Å². The summed E-state index contributed by atoms with van der Waals surface area (Å²) in [4.78, 5) is 0. The number of rotatable bonds is 6. The van der Waals surface area contributed by atoms with E-state index in [-0.39, 0.29) is 5.82 Å². The first-order chi connectivity index (χ1) is 7.78. The molecule has 0 aromatic heterocycles. The fourth-order valence-electron chi connectivity index (χ4n) is 2.10. The molecule has 1 nitrogen and oxygen atoms in total. The van der Waals surface area contributed by atoms with Gasteiger partial charge in [-0.1, -0.05) is 25.0 Å². The monoisotopic (exact) mass is 221 g/mol. The third-order valence-corrected chi connectivity index (χ3v) is 3.42. The van der Waals surface area contributed by atoms with E-state index in [1.807, 2.05) is 19.2 Å². The lowest BCUT2D eigenvalue weighted by molar-refractivity contribution is 0.484. The van der Waals surface area contributed by atoms with E-state index >= 15 is 0 Å². The molecule has 2 heteroatoms. The molecule has 1 fully saturated rings. The molecule has 0 radical (unpaired) electrons. The van der Waals surface area contributed by atoms with Gasteiger partial charge in [0, 0.05) is 6.04 Å². The topological polar surface area (TPSA) is 12.0 Å². The van der Waals surface area contributed by atoms with Gasteiger partial charge in [-0.05, 0) is 49.9 Å². The second-order valence-electron chi connectivity index (χ2n) is 4.84. The van der Waals surface area contributed by atoms with Crippen molar-refractivity contribution < 1.29 is 4.39 Å². The molecular formula is C14H20FN. The lowest BCUT2D eigenvalue weighted by Crippen LogP contribution is -2.27. The third-order valence-electron chi connectivity index (χ3n) is 3.42. The van der Waals surface area contributed by atoms with E-state index in [1.165, 1.54) is 31.2 Å². The Balaban J connectivity index is 1.82. The van der Waals surface area contributed by atoms with Gasteiger partial charge in [0.05, 0.1) is 0 Å². The molecule has 1 aromatic rings. The molecule has 1 N–H and O–H groups in total. The van der Waals surface area contributed by atoms with Crippen LogP contribution in [0.1, 0.15) is 31.2 Å². The zero-order valence-electron chi connectivity index (χ0n) is 9.88. The molecule has 0 bridgehead atoms. The minimum atomic E-state index is -0.150. The maximum absolute atomic E-state index is 12.8. The standard InChI is InChI=1S/C14H20FN/c1-16-14(9-6-11-2-3-11)10-12-4-7-13(15)8-5-12/h4-5,7-8,11,14,16H,2-3,6,9-10H2,1H3. The van der Waals surface area contributed by atoms with Crippen LogP contribution in [0.5, 0.6) is 0 Å². The first-order valence-electron chi connectivity index (χ1n) is 6.19. The first-order valence-corrected chi connectivity index (χ1v) is 6.19. The molecule has 1 unspecified atom stereocenters. The van der Waals surface area contributed by atoms with Crippen molar-refractivity contribution >= 4 is 0 Å². The summed E-state index contributed by atoms with van der Waals surface area (Å²) >= 11 is 0. The summed E-state index contributed by atoms with van der Waals surface area (Å²) in [7, 11) is 2.01. The highest BCUT2D eigenvalue weighted by atomic mass is 19.1. The largest absolute Gasteiger partial charge is 0.317 e. The number of halogens is 1. The molecule has 1 saturated carbocycles. The average Bonchev–Trinajstić information content (AvgIpc) is 3.11. The maximum Gasteiger partial charge on any atom is 0.123 e. The van der Waals surface area contributed by atoms with Gasteiger partial charge in [0.2, 0.25) is 0 Å². The summed E-state index contributed by atoms with van der Waals surface area (Å²) < 4.78 is 12.8. The zero-order chi connectivity index (χ0) is 11.4. The van der Waals surface area contributed by atoms with Crippen molar-refractivity contribution in [1.82, 2.24) is 5.32 Å². The fourth-order valence-corrected chi connectivity index (χ4v) is 2.10. The van der Waals surface area contributed by atoms with E-state index in [2.05, 4.69) is 5.32 Å². The molecule has 0 spiro atoms. The van der Waals surface area contributed by atoms with Gasteiger partial charge >= 0.3 is 0 Å². The highest BCUT2D eigenvalue weighted by Crippen LogP contribution is 2.34. The van der Waals surface area contributed by atoms with Gasteiger partial charge in [-0.15, -0.1) is 0 Å². The molecule has 88 valence electrons. The smallest absolute Gasteiger partial charge is 0.123 e. The van der Waals surface area contributed by atoms with Crippen molar-refractivity contribution in [2.75, 3.05) is 7.05 Å². The number of nitrogens with one attached hydrogen (secondary N) is 1. The molecule has 0 aliphatic heterocycles. The van der Waals surface area contributed by atoms with Crippen molar-refractivity contribution in [3.63, 3.8) is 0 Å². The molecule has 2 rings (SSSR count). The van der Waals surface area contributed by atoms with Crippen molar-refractivity contribution in [2.45, 2.75) is 38.1 Å². The number of benzene rings is 1. The first kappa shape index (κ1) is 11.6. The SMILES string of the molecule is CNC(CCC1CC1)Cc1ccc(F)cc1. The molecule has 0 amide bonds. The van der Waals surface area contributed by atoms with Crippen LogP contribution in [0.4, 0.5) is 4.39 Å². The summed E-state index contributed by atoms with van der Waals surface area (Å²) in [6, 6.07) is 7.39. The second kappa shape index (κ2) is 5.44. The van der Waals surface area contributed by atoms with Gasteiger partial charge in [0.1, 0.15) is 5.82 Å². The molecule has 1 aromatic carbocycles. The van der Waals surface area contributed by atoms with Gasteiger partial charge < -0.3 is 5.32 Å². The normalized spacial score (nSPS) is 17.4. The quantitative estimate of drug-likeness (QED) is 0.778. The molecule has 16 heavy (non-hydrogen) atoms. The Morgan fingerprint density at radius 1 is 1.31 bits per heavy atom. The van der Waals surface area contributed by atoms with Crippen LogP contribution in [0.3, 0.4) is 0 Å². The van der Waals surface area contributed by atoms with E-state index < -0.39 is 0 Å². The molecule has 0 heterocycles. The van der Waals surface area contributed by atoms with Crippen LogP contribution in [-0.4, -0.2) is 13.1 Å². The Kier molecular flexibility index (Phi) is 3.94. The van der Waals surface area contributed by atoms with Crippen LogP contribution in [0.15, 0.2) is 24.3 Å². The molecular weight excluding hydrogens is 201 g/mol. The third kappa shape index (κ3) is 3.60. The molecule has 1 aliphatic rings. The summed E-state index contributed by atoms with van der Waals surface area (Å²) in [6.07, 6.45) is 6.43. The van der Waals surface area contributed by atoms with Gasteiger partial charge in [-0.25, -0.2) is 4.39 Å². The van der Waals surface area contributed by atoms with E-state index in [1.54, 1.807) is 12.1 Å². The summed E-state index contributed by atoms with van der Waals surface area (Å²) in [5.41, 5.74) is 1.22. The summed E-state index contributed by atoms with van der Waals surface area (Å²) in [5.74, 6) is 0.840. The minimum absolute atomic E-state index is 0.150. The van der Waals surface area contributed by atoms with Crippen LogP contribution in [0, 0.1) is 11.7 Å². The van der Waals surface area contributed by atoms with E-state index in [0.29, 0.717) is 6.04 Å². The van der Waals surface area contributed by atoms with Gasteiger partial charge in [0.15, 0.2) is 0 Å².